The van der Waals surface area contributed by atoms with Crippen LogP contribution in [0.5, 0.6) is 0 Å². The first kappa shape index (κ1) is 8.12. The second-order valence-electron chi connectivity index (χ2n) is 2.01. The second-order valence-corrected chi connectivity index (χ2v) is 4.02. The Morgan fingerprint density at radius 2 is 2.27 bits per heavy atom. The third-order valence-corrected chi connectivity index (χ3v) is 2.75. The van der Waals surface area contributed by atoms with Gasteiger partial charge in [-0.1, -0.05) is 12.0 Å². The molecule has 0 fully saturated rings. The Morgan fingerprint density at radius 3 is 2.73 bits per heavy atom. The molecule has 1 heterocycles. The van der Waals surface area contributed by atoms with Crippen LogP contribution in [0.1, 0.15) is 13.3 Å². The minimum atomic E-state index is -3.28. The Bertz CT molecular complexity index is 303. The van der Waals surface area contributed by atoms with Crippen LogP contribution in [0.2, 0.25) is 0 Å². The number of hydrogen-bond acceptors (Lipinski definition) is 5. The van der Waals surface area contributed by atoms with E-state index in [1.807, 2.05) is 0 Å². The zero-order valence-electron chi connectivity index (χ0n) is 5.98. The predicted molar refractivity (Wildman–Crippen MR) is 36.5 cm³/mol. The van der Waals surface area contributed by atoms with Crippen molar-refractivity contribution < 1.29 is 8.42 Å². The number of hydrogen-bond donors (Lipinski definition) is 1. The highest BCUT2D eigenvalue weighted by Crippen LogP contribution is 2.01. The zero-order chi connectivity index (χ0) is 8.32. The van der Waals surface area contributed by atoms with Gasteiger partial charge in [0.25, 0.3) is 5.16 Å². The van der Waals surface area contributed by atoms with Crippen LogP contribution < -0.4 is 0 Å². The summed E-state index contributed by atoms with van der Waals surface area (Å²) in [6.45, 7) is 1.78. The third kappa shape index (κ3) is 1.73. The Hall–Kier alpha value is -0.980. The number of H-pyrrole nitrogens is 1. The molecule has 0 aliphatic heterocycles. The highest BCUT2D eigenvalue weighted by atomic mass is 32.2. The van der Waals surface area contributed by atoms with Crippen molar-refractivity contribution in [1.82, 2.24) is 20.6 Å². The van der Waals surface area contributed by atoms with E-state index in [2.05, 4.69) is 20.6 Å². The first-order chi connectivity index (χ1) is 5.17. The summed E-state index contributed by atoms with van der Waals surface area (Å²) in [5.41, 5.74) is 0. The molecule has 7 heteroatoms. The van der Waals surface area contributed by atoms with E-state index in [0.29, 0.717) is 6.42 Å². The molecule has 0 bridgehead atoms. The number of nitrogens with one attached hydrogen (secondary N) is 1. The molecule has 1 aromatic rings. The van der Waals surface area contributed by atoms with Gasteiger partial charge in [-0.05, 0) is 11.6 Å². The Balaban J connectivity index is 2.92. The molecule has 0 spiro atoms. The van der Waals surface area contributed by atoms with Gasteiger partial charge in [0, 0.05) is 0 Å². The van der Waals surface area contributed by atoms with Crippen molar-refractivity contribution in [2.24, 2.45) is 0 Å². The molecule has 1 N–H and O–H groups in total. The summed E-state index contributed by atoms with van der Waals surface area (Å²) in [7, 11) is -3.28. The minimum Gasteiger partial charge on any atom is -0.220 e. The molecule has 0 saturated heterocycles. The average Bonchev–Trinajstić information content (AvgIpc) is 2.37. The summed E-state index contributed by atoms with van der Waals surface area (Å²) in [5.74, 6) is 0.0620. The summed E-state index contributed by atoms with van der Waals surface area (Å²) >= 11 is 0. The fourth-order valence-corrected chi connectivity index (χ4v) is 1.71. The van der Waals surface area contributed by atoms with Crippen LogP contribution in [0, 0.1) is 0 Å². The molecule has 1 aromatic heterocycles. The van der Waals surface area contributed by atoms with E-state index in [1.165, 1.54) is 0 Å². The summed E-state index contributed by atoms with van der Waals surface area (Å²) in [4.78, 5) is 0. The molecule has 0 unspecified atom stereocenters. The molecule has 0 saturated carbocycles. The lowest BCUT2D eigenvalue weighted by molar-refractivity contribution is 0.586. The van der Waals surface area contributed by atoms with E-state index in [0.717, 1.165) is 0 Å². The number of nitrogens with zero attached hydrogens (tertiary/aromatic N) is 3. The van der Waals surface area contributed by atoms with E-state index < -0.39 is 9.84 Å². The molecule has 1 rings (SSSR count). The summed E-state index contributed by atoms with van der Waals surface area (Å²) in [6.07, 6.45) is 0.552. The van der Waals surface area contributed by atoms with Crippen LogP contribution in [0.25, 0.3) is 0 Å². The van der Waals surface area contributed by atoms with Crippen molar-refractivity contribution in [3.63, 3.8) is 0 Å². The lowest BCUT2D eigenvalue weighted by Gasteiger charge is -1.92. The Morgan fingerprint density at radius 1 is 1.55 bits per heavy atom. The van der Waals surface area contributed by atoms with E-state index in [9.17, 15) is 8.42 Å². The van der Waals surface area contributed by atoms with E-state index in [-0.39, 0.29) is 10.9 Å². The van der Waals surface area contributed by atoms with Crippen molar-refractivity contribution in [3.8, 4) is 0 Å². The van der Waals surface area contributed by atoms with Gasteiger partial charge >= 0.3 is 0 Å². The van der Waals surface area contributed by atoms with Crippen molar-refractivity contribution in [3.05, 3.63) is 0 Å². The van der Waals surface area contributed by atoms with Gasteiger partial charge < -0.3 is 0 Å². The fourth-order valence-electron chi connectivity index (χ4n) is 0.644. The van der Waals surface area contributed by atoms with Gasteiger partial charge in [0.15, 0.2) is 0 Å². The maximum Gasteiger partial charge on any atom is 0.288 e. The molecule has 0 aromatic carbocycles. The lowest BCUT2D eigenvalue weighted by Crippen LogP contribution is -2.07. The predicted octanol–water partition coefficient (Wildman–Crippen LogP) is -0.617. The van der Waals surface area contributed by atoms with E-state index >= 15 is 0 Å². The van der Waals surface area contributed by atoms with Crippen molar-refractivity contribution in [2.45, 2.75) is 18.5 Å². The SMILES string of the molecule is CCCS(=O)(=O)c1nn[nH]n1. The van der Waals surface area contributed by atoms with Crippen LogP contribution in [-0.4, -0.2) is 34.8 Å². The van der Waals surface area contributed by atoms with Crippen molar-refractivity contribution in [2.75, 3.05) is 5.75 Å². The minimum absolute atomic E-state index is 0.0620. The normalized spacial score (nSPS) is 11.7. The van der Waals surface area contributed by atoms with Gasteiger partial charge in [0.05, 0.1) is 5.75 Å². The number of aromatic nitrogens is 4. The molecule has 6 nitrogen and oxygen atoms in total. The maximum absolute atomic E-state index is 11.1. The molecule has 0 aliphatic rings. The zero-order valence-corrected chi connectivity index (χ0v) is 6.80. The number of sulfone groups is 1. The van der Waals surface area contributed by atoms with Crippen LogP contribution in [0.15, 0.2) is 5.16 Å². The molecule has 0 amide bonds. The van der Waals surface area contributed by atoms with Gasteiger partial charge in [-0.15, -0.1) is 5.10 Å². The maximum atomic E-state index is 11.1. The average molecular weight is 176 g/mol. The summed E-state index contributed by atoms with van der Waals surface area (Å²) in [5, 5.41) is 11.8. The number of tetrazole rings is 1. The topological polar surface area (TPSA) is 88.6 Å². The van der Waals surface area contributed by atoms with Crippen LogP contribution >= 0.6 is 0 Å². The third-order valence-electron chi connectivity index (χ3n) is 1.08. The largest absolute Gasteiger partial charge is 0.288 e. The first-order valence-corrected chi connectivity index (χ1v) is 4.78. The smallest absolute Gasteiger partial charge is 0.220 e. The first-order valence-electron chi connectivity index (χ1n) is 3.13. The molecular weight excluding hydrogens is 168 g/mol. The number of rotatable bonds is 3. The summed E-state index contributed by atoms with van der Waals surface area (Å²) < 4.78 is 22.2. The van der Waals surface area contributed by atoms with Gasteiger partial charge in [0.2, 0.25) is 9.84 Å². The molecule has 0 radical (unpaired) electrons. The summed E-state index contributed by atoms with van der Waals surface area (Å²) in [6, 6.07) is 0. The van der Waals surface area contributed by atoms with E-state index in [4.69, 9.17) is 0 Å². The fraction of sp³-hybridized carbons (Fsp3) is 0.750. The molecular formula is C4H8N4O2S. The molecule has 62 valence electrons. The Kier molecular flexibility index (Phi) is 2.18. The van der Waals surface area contributed by atoms with Crippen molar-refractivity contribution >= 4 is 9.84 Å². The molecule has 11 heavy (non-hydrogen) atoms. The van der Waals surface area contributed by atoms with Crippen molar-refractivity contribution in [1.29, 1.82) is 0 Å². The van der Waals surface area contributed by atoms with Crippen LogP contribution in [0.3, 0.4) is 0 Å². The highest BCUT2D eigenvalue weighted by molar-refractivity contribution is 7.91. The Labute approximate surface area is 63.9 Å². The van der Waals surface area contributed by atoms with E-state index in [1.54, 1.807) is 6.92 Å². The molecule has 0 aliphatic carbocycles. The monoisotopic (exact) mass is 176 g/mol. The van der Waals surface area contributed by atoms with Crippen LogP contribution in [0.4, 0.5) is 0 Å². The molecule has 0 atom stereocenters. The second kappa shape index (κ2) is 2.95. The van der Waals surface area contributed by atoms with Gasteiger partial charge in [0.1, 0.15) is 0 Å². The van der Waals surface area contributed by atoms with Gasteiger partial charge in [-0.2, -0.15) is 5.21 Å². The quantitative estimate of drug-likeness (QED) is 0.663. The standard InChI is InChI=1S/C4H8N4O2S/c1-2-3-11(9,10)4-5-7-8-6-4/h2-3H2,1H3,(H,5,6,7,8). The lowest BCUT2D eigenvalue weighted by atomic mass is 10.6. The number of aromatic amines is 1. The van der Waals surface area contributed by atoms with Crippen LogP contribution in [-0.2, 0) is 9.84 Å². The highest BCUT2D eigenvalue weighted by Gasteiger charge is 2.17. The van der Waals surface area contributed by atoms with Gasteiger partial charge in [-0.3, -0.25) is 0 Å². The van der Waals surface area contributed by atoms with Gasteiger partial charge in [-0.25, -0.2) is 8.42 Å².